The third-order valence-electron chi connectivity index (χ3n) is 3.87. The number of rotatable bonds is 9. The molecule has 1 aromatic rings. The van der Waals surface area contributed by atoms with Gasteiger partial charge in [0.1, 0.15) is 24.5 Å². The van der Waals surface area contributed by atoms with Gasteiger partial charge in [-0.15, -0.1) is 0 Å². The average molecular weight is 290 g/mol. The van der Waals surface area contributed by atoms with Crippen molar-refractivity contribution in [3.05, 3.63) is 29.8 Å². The Hall–Kier alpha value is -1.57. The lowest BCUT2D eigenvalue weighted by Crippen LogP contribution is -2.40. The van der Waals surface area contributed by atoms with Gasteiger partial charge in [0.25, 0.3) is 0 Å². The van der Waals surface area contributed by atoms with Gasteiger partial charge in [-0.3, -0.25) is 0 Å². The fourth-order valence-corrected chi connectivity index (χ4v) is 2.41. The maximum Gasteiger partial charge on any atom is 0.137 e. The molecule has 0 saturated heterocycles. The first-order valence-electron chi connectivity index (χ1n) is 7.65. The fraction of sp³-hybridized carbons (Fsp3) is 0.588. The predicted octanol–water partition coefficient (Wildman–Crippen LogP) is 2.71. The van der Waals surface area contributed by atoms with Crippen LogP contribution >= 0.6 is 0 Å². The van der Waals surface area contributed by atoms with E-state index in [1.54, 1.807) is 18.2 Å². The zero-order chi connectivity index (χ0) is 15.7. The van der Waals surface area contributed by atoms with Crippen LogP contribution in [0.25, 0.3) is 0 Å². The number of hydrogen-bond acceptors (Lipinski definition) is 4. The van der Waals surface area contributed by atoms with Crippen molar-refractivity contribution in [1.29, 1.82) is 5.26 Å². The van der Waals surface area contributed by atoms with Gasteiger partial charge in [0.15, 0.2) is 0 Å². The zero-order valence-corrected chi connectivity index (χ0v) is 13.2. The van der Waals surface area contributed by atoms with E-state index in [9.17, 15) is 5.11 Å². The van der Waals surface area contributed by atoms with Crippen molar-refractivity contribution in [1.82, 2.24) is 5.32 Å². The van der Waals surface area contributed by atoms with Crippen LogP contribution in [0.3, 0.4) is 0 Å². The van der Waals surface area contributed by atoms with E-state index in [1.807, 2.05) is 6.07 Å². The lowest BCUT2D eigenvalue weighted by Gasteiger charge is -2.24. The number of benzene rings is 1. The van der Waals surface area contributed by atoms with Crippen LogP contribution < -0.4 is 10.1 Å². The van der Waals surface area contributed by atoms with E-state index in [1.165, 1.54) is 0 Å². The Morgan fingerprint density at radius 1 is 1.29 bits per heavy atom. The Bertz CT molecular complexity index is 452. The van der Waals surface area contributed by atoms with Crippen molar-refractivity contribution in [2.75, 3.05) is 13.2 Å². The van der Waals surface area contributed by atoms with Gasteiger partial charge in [0, 0.05) is 12.6 Å². The Kier molecular flexibility index (Phi) is 7.81. The summed E-state index contributed by atoms with van der Waals surface area (Å²) in [5, 5.41) is 22.3. The predicted molar refractivity (Wildman–Crippen MR) is 84.2 cm³/mol. The SMILES string of the molecule is CCC(CC)C(C)NCC(O)COc1ccccc1C#N. The minimum atomic E-state index is -0.589. The summed E-state index contributed by atoms with van der Waals surface area (Å²) in [6.45, 7) is 7.19. The van der Waals surface area contributed by atoms with Crippen molar-refractivity contribution in [3.63, 3.8) is 0 Å². The lowest BCUT2D eigenvalue weighted by atomic mass is 9.95. The smallest absolute Gasteiger partial charge is 0.137 e. The molecule has 0 aliphatic carbocycles. The van der Waals surface area contributed by atoms with Gasteiger partial charge >= 0.3 is 0 Å². The first-order valence-corrected chi connectivity index (χ1v) is 7.65. The van der Waals surface area contributed by atoms with Crippen LogP contribution in [0.4, 0.5) is 0 Å². The zero-order valence-electron chi connectivity index (χ0n) is 13.2. The Labute approximate surface area is 127 Å². The molecule has 0 spiro atoms. The number of aliphatic hydroxyl groups excluding tert-OH is 1. The second-order valence-corrected chi connectivity index (χ2v) is 5.35. The molecule has 116 valence electrons. The minimum Gasteiger partial charge on any atom is -0.489 e. The highest BCUT2D eigenvalue weighted by atomic mass is 16.5. The summed E-state index contributed by atoms with van der Waals surface area (Å²) < 4.78 is 5.52. The highest BCUT2D eigenvalue weighted by molar-refractivity contribution is 5.42. The van der Waals surface area contributed by atoms with Crippen LogP contribution in [0, 0.1) is 17.2 Å². The molecule has 2 N–H and O–H groups in total. The van der Waals surface area contributed by atoms with Gasteiger partial charge < -0.3 is 15.2 Å². The van der Waals surface area contributed by atoms with Crippen molar-refractivity contribution in [2.24, 2.45) is 5.92 Å². The van der Waals surface area contributed by atoms with E-state index in [0.29, 0.717) is 29.8 Å². The third-order valence-corrected chi connectivity index (χ3v) is 3.87. The molecular weight excluding hydrogens is 264 g/mol. The van der Waals surface area contributed by atoms with Crippen LogP contribution in [0.15, 0.2) is 24.3 Å². The number of aliphatic hydroxyl groups is 1. The van der Waals surface area contributed by atoms with E-state index in [4.69, 9.17) is 10.00 Å². The molecule has 0 heterocycles. The van der Waals surface area contributed by atoms with E-state index >= 15 is 0 Å². The number of nitrogens with zero attached hydrogens (tertiary/aromatic N) is 1. The van der Waals surface area contributed by atoms with Crippen LogP contribution in [0.5, 0.6) is 5.75 Å². The summed E-state index contributed by atoms with van der Waals surface area (Å²) in [6, 6.07) is 9.51. The topological polar surface area (TPSA) is 65.3 Å². The normalized spacial score (nSPS) is 13.7. The van der Waals surface area contributed by atoms with Gasteiger partial charge in [0.2, 0.25) is 0 Å². The summed E-state index contributed by atoms with van der Waals surface area (Å²) in [5.41, 5.74) is 0.489. The summed E-state index contributed by atoms with van der Waals surface area (Å²) in [4.78, 5) is 0. The second kappa shape index (κ2) is 9.38. The molecular formula is C17H26N2O2. The molecule has 0 aromatic heterocycles. The highest BCUT2D eigenvalue weighted by Crippen LogP contribution is 2.16. The van der Waals surface area contributed by atoms with Crippen molar-refractivity contribution < 1.29 is 9.84 Å². The molecule has 0 aliphatic rings. The first-order chi connectivity index (χ1) is 10.1. The Morgan fingerprint density at radius 3 is 2.57 bits per heavy atom. The molecule has 1 rings (SSSR count). The summed E-state index contributed by atoms with van der Waals surface area (Å²) >= 11 is 0. The van der Waals surface area contributed by atoms with E-state index in [2.05, 4.69) is 32.2 Å². The fourth-order valence-electron chi connectivity index (χ4n) is 2.41. The van der Waals surface area contributed by atoms with E-state index in [0.717, 1.165) is 12.8 Å². The Morgan fingerprint density at radius 2 is 1.95 bits per heavy atom. The maximum atomic E-state index is 9.98. The number of para-hydroxylation sites is 1. The largest absolute Gasteiger partial charge is 0.489 e. The summed E-state index contributed by atoms with van der Waals surface area (Å²) in [6.07, 6.45) is 1.67. The molecule has 4 nitrogen and oxygen atoms in total. The monoisotopic (exact) mass is 290 g/mol. The third kappa shape index (κ3) is 5.74. The van der Waals surface area contributed by atoms with Gasteiger partial charge in [-0.2, -0.15) is 5.26 Å². The van der Waals surface area contributed by atoms with Crippen LogP contribution in [-0.2, 0) is 0 Å². The van der Waals surface area contributed by atoms with Gasteiger partial charge in [-0.05, 0) is 25.0 Å². The van der Waals surface area contributed by atoms with E-state index in [-0.39, 0.29) is 6.61 Å². The van der Waals surface area contributed by atoms with Crippen molar-refractivity contribution in [3.8, 4) is 11.8 Å². The molecule has 0 amide bonds. The molecule has 1 aromatic carbocycles. The average Bonchev–Trinajstić information content (AvgIpc) is 2.52. The molecule has 0 saturated carbocycles. The summed E-state index contributed by atoms with van der Waals surface area (Å²) in [5.74, 6) is 1.14. The number of ether oxygens (including phenoxy) is 1. The quantitative estimate of drug-likeness (QED) is 0.734. The summed E-state index contributed by atoms with van der Waals surface area (Å²) in [7, 11) is 0. The first kappa shape index (κ1) is 17.5. The van der Waals surface area contributed by atoms with Crippen LogP contribution in [-0.4, -0.2) is 30.4 Å². The molecule has 2 atom stereocenters. The molecule has 0 radical (unpaired) electrons. The minimum absolute atomic E-state index is 0.182. The standard InChI is InChI=1S/C17H26N2O2/c1-4-14(5-2)13(3)19-11-16(20)12-21-17-9-7-6-8-15(17)10-18/h6-9,13-14,16,19-20H,4-5,11-12H2,1-3H3. The highest BCUT2D eigenvalue weighted by Gasteiger charge is 2.15. The molecule has 0 bridgehead atoms. The molecule has 21 heavy (non-hydrogen) atoms. The molecule has 4 heteroatoms. The Balaban J connectivity index is 2.38. The van der Waals surface area contributed by atoms with E-state index < -0.39 is 6.10 Å². The van der Waals surface area contributed by atoms with Gasteiger partial charge in [-0.1, -0.05) is 38.8 Å². The molecule has 0 aliphatic heterocycles. The lowest BCUT2D eigenvalue weighted by molar-refractivity contribution is 0.101. The molecule has 2 unspecified atom stereocenters. The maximum absolute atomic E-state index is 9.98. The van der Waals surface area contributed by atoms with Crippen LogP contribution in [0.2, 0.25) is 0 Å². The van der Waals surface area contributed by atoms with Gasteiger partial charge in [-0.25, -0.2) is 0 Å². The van der Waals surface area contributed by atoms with Crippen LogP contribution in [0.1, 0.15) is 39.2 Å². The molecule has 0 fully saturated rings. The van der Waals surface area contributed by atoms with Gasteiger partial charge in [0.05, 0.1) is 5.56 Å². The number of hydrogen-bond donors (Lipinski definition) is 2. The van der Waals surface area contributed by atoms with Crippen molar-refractivity contribution >= 4 is 0 Å². The second-order valence-electron chi connectivity index (χ2n) is 5.35. The number of nitrogens with one attached hydrogen (secondary N) is 1. The number of nitriles is 1. The van der Waals surface area contributed by atoms with Crippen molar-refractivity contribution in [2.45, 2.75) is 45.8 Å².